The molecule has 0 amide bonds. The molecule has 136 valence electrons. The number of H-pyrrole nitrogens is 1. The predicted molar refractivity (Wildman–Crippen MR) is 97.8 cm³/mol. The maximum atomic E-state index is 12.7. The van der Waals surface area contributed by atoms with Gasteiger partial charge in [0.2, 0.25) is 0 Å². The minimum absolute atomic E-state index is 0.0871. The van der Waals surface area contributed by atoms with Crippen molar-refractivity contribution in [1.29, 1.82) is 0 Å². The van der Waals surface area contributed by atoms with E-state index in [0.29, 0.717) is 40.9 Å². The summed E-state index contributed by atoms with van der Waals surface area (Å²) in [6, 6.07) is 4.78. The first kappa shape index (κ1) is 16.6. The minimum atomic E-state index is -0.241. The molecule has 0 spiro atoms. The van der Waals surface area contributed by atoms with Crippen molar-refractivity contribution < 1.29 is 9.84 Å². The molecule has 26 heavy (non-hydrogen) atoms. The van der Waals surface area contributed by atoms with Crippen LogP contribution >= 0.6 is 0 Å². The van der Waals surface area contributed by atoms with Crippen LogP contribution in [0, 0.1) is 6.92 Å². The molecule has 2 N–H and O–H groups in total. The van der Waals surface area contributed by atoms with Crippen LogP contribution in [0.1, 0.15) is 50.0 Å². The van der Waals surface area contributed by atoms with Gasteiger partial charge in [-0.3, -0.25) is 4.79 Å². The Kier molecular flexibility index (Phi) is 4.14. The fourth-order valence-electron chi connectivity index (χ4n) is 3.75. The standard InChI is InChI=1S/C19H22N4O3/c1-3-26-15-9-8-13(24)10-14(15)17-21-19(25)16-11(2)20-18(23(16)22-17)12-6-4-5-7-12/h8-10,12,24H,3-7H2,1-2H3,(H,21,22,25). The van der Waals surface area contributed by atoms with Crippen LogP contribution in [0.15, 0.2) is 23.0 Å². The molecule has 0 saturated heterocycles. The number of phenols is 1. The van der Waals surface area contributed by atoms with Gasteiger partial charge >= 0.3 is 0 Å². The van der Waals surface area contributed by atoms with Gasteiger partial charge in [-0.2, -0.15) is 0 Å². The van der Waals surface area contributed by atoms with E-state index in [-0.39, 0.29) is 11.3 Å². The molecule has 1 saturated carbocycles. The second-order valence-corrected chi connectivity index (χ2v) is 6.71. The quantitative estimate of drug-likeness (QED) is 0.751. The topological polar surface area (TPSA) is 92.5 Å². The summed E-state index contributed by atoms with van der Waals surface area (Å²) in [5, 5.41) is 14.5. The van der Waals surface area contributed by atoms with Gasteiger partial charge in [0.1, 0.15) is 17.3 Å². The van der Waals surface area contributed by atoms with Gasteiger partial charge in [0.15, 0.2) is 11.3 Å². The number of imidazole rings is 1. The summed E-state index contributed by atoms with van der Waals surface area (Å²) in [6.07, 6.45) is 4.49. The van der Waals surface area contributed by atoms with E-state index < -0.39 is 0 Å². The number of ether oxygens (including phenoxy) is 1. The molecule has 1 aliphatic carbocycles. The van der Waals surface area contributed by atoms with Crippen molar-refractivity contribution in [3.05, 3.63) is 40.1 Å². The first-order valence-electron chi connectivity index (χ1n) is 9.04. The van der Waals surface area contributed by atoms with Crippen molar-refractivity contribution in [3.63, 3.8) is 0 Å². The van der Waals surface area contributed by atoms with Gasteiger partial charge in [0.05, 0.1) is 17.9 Å². The number of aromatic nitrogens is 4. The van der Waals surface area contributed by atoms with Crippen LogP contribution < -0.4 is 10.3 Å². The maximum Gasteiger partial charge on any atom is 0.277 e. The second-order valence-electron chi connectivity index (χ2n) is 6.71. The monoisotopic (exact) mass is 354 g/mol. The van der Waals surface area contributed by atoms with Crippen molar-refractivity contribution >= 4 is 5.52 Å². The molecule has 7 nitrogen and oxygen atoms in total. The van der Waals surface area contributed by atoms with E-state index in [4.69, 9.17) is 4.74 Å². The highest BCUT2D eigenvalue weighted by atomic mass is 16.5. The number of hydrogen-bond donors (Lipinski definition) is 2. The summed E-state index contributed by atoms with van der Waals surface area (Å²) >= 11 is 0. The predicted octanol–water partition coefficient (Wildman–Crippen LogP) is 3.15. The highest BCUT2D eigenvalue weighted by molar-refractivity contribution is 5.67. The van der Waals surface area contributed by atoms with E-state index in [9.17, 15) is 9.90 Å². The van der Waals surface area contributed by atoms with Gasteiger partial charge < -0.3 is 14.8 Å². The third kappa shape index (κ3) is 2.73. The van der Waals surface area contributed by atoms with E-state index in [1.165, 1.54) is 12.8 Å². The summed E-state index contributed by atoms with van der Waals surface area (Å²) in [5.41, 5.74) is 1.48. The van der Waals surface area contributed by atoms with Crippen LogP contribution in [0.3, 0.4) is 0 Å². The lowest BCUT2D eigenvalue weighted by Crippen LogP contribution is -2.16. The molecule has 0 aliphatic heterocycles. The summed E-state index contributed by atoms with van der Waals surface area (Å²) in [4.78, 5) is 20.2. The first-order chi connectivity index (χ1) is 12.6. The summed E-state index contributed by atoms with van der Waals surface area (Å²) in [7, 11) is 0. The smallest absolute Gasteiger partial charge is 0.277 e. The van der Waals surface area contributed by atoms with Gasteiger partial charge in [-0.1, -0.05) is 12.8 Å². The SMILES string of the molecule is CCOc1ccc(O)cc1-c1nn2c(C3CCCC3)nc(C)c2c(=O)[nH]1. The van der Waals surface area contributed by atoms with Crippen molar-refractivity contribution in [2.75, 3.05) is 6.61 Å². The Bertz CT molecular complexity index is 1020. The Labute approximate surface area is 150 Å². The Morgan fingerprint density at radius 1 is 1.35 bits per heavy atom. The normalized spacial score (nSPS) is 15.0. The van der Waals surface area contributed by atoms with E-state index >= 15 is 0 Å². The number of rotatable bonds is 4. The molecule has 1 aromatic carbocycles. The second kappa shape index (κ2) is 6.48. The molecule has 0 unspecified atom stereocenters. The van der Waals surface area contributed by atoms with Crippen molar-refractivity contribution in [3.8, 4) is 22.9 Å². The molecule has 1 fully saturated rings. The molecular weight excluding hydrogens is 332 g/mol. The van der Waals surface area contributed by atoms with Crippen molar-refractivity contribution in [2.24, 2.45) is 0 Å². The Hall–Kier alpha value is -2.83. The average Bonchev–Trinajstić information content (AvgIpc) is 3.24. The lowest BCUT2D eigenvalue weighted by atomic mass is 10.1. The number of hydrogen-bond acceptors (Lipinski definition) is 5. The van der Waals surface area contributed by atoms with Crippen LogP contribution in [0.25, 0.3) is 16.9 Å². The highest BCUT2D eigenvalue weighted by Gasteiger charge is 2.25. The zero-order valence-electron chi connectivity index (χ0n) is 15.0. The fraction of sp³-hybridized carbons (Fsp3) is 0.421. The Morgan fingerprint density at radius 3 is 2.85 bits per heavy atom. The number of aromatic hydroxyl groups is 1. The molecule has 3 aromatic rings. The van der Waals surface area contributed by atoms with Gasteiger partial charge in [-0.25, -0.2) is 9.50 Å². The Morgan fingerprint density at radius 2 is 2.12 bits per heavy atom. The molecule has 2 heterocycles. The van der Waals surface area contributed by atoms with E-state index in [2.05, 4.69) is 15.1 Å². The lowest BCUT2D eigenvalue weighted by Gasteiger charge is -2.11. The minimum Gasteiger partial charge on any atom is -0.508 e. The highest BCUT2D eigenvalue weighted by Crippen LogP contribution is 2.35. The van der Waals surface area contributed by atoms with Gasteiger partial charge in [-0.05, 0) is 44.9 Å². The molecule has 0 bridgehead atoms. The third-order valence-corrected chi connectivity index (χ3v) is 4.94. The zero-order chi connectivity index (χ0) is 18.3. The van der Waals surface area contributed by atoms with Crippen LogP contribution in [-0.4, -0.2) is 31.3 Å². The first-order valence-corrected chi connectivity index (χ1v) is 9.04. The zero-order valence-corrected chi connectivity index (χ0v) is 15.0. The average molecular weight is 354 g/mol. The van der Waals surface area contributed by atoms with Crippen molar-refractivity contribution in [1.82, 2.24) is 19.6 Å². The maximum absolute atomic E-state index is 12.7. The molecule has 7 heteroatoms. The molecule has 4 rings (SSSR count). The number of fused-ring (bicyclic) bond motifs is 1. The van der Waals surface area contributed by atoms with Crippen LogP contribution in [0.2, 0.25) is 0 Å². The summed E-state index contributed by atoms with van der Waals surface area (Å²) < 4.78 is 7.32. The molecule has 0 atom stereocenters. The van der Waals surface area contributed by atoms with Gasteiger partial charge in [0, 0.05) is 5.92 Å². The number of benzene rings is 1. The molecule has 0 radical (unpaired) electrons. The van der Waals surface area contributed by atoms with E-state index in [0.717, 1.165) is 18.7 Å². The van der Waals surface area contributed by atoms with Gasteiger partial charge in [0.25, 0.3) is 5.56 Å². The number of aryl methyl sites for hydroxylation is 1. The van der Waals surface area contributed by atoms with Crippen LogP contribution in [0.5, 0.6) is 11.5 Å². The lowest BCUT2D eigenvalue weighted by molar-refractivity contribution is 0.340. The summed E-state index contributed by atoms with van der Waals surface area (Å²) in [5.74, 6) is 2.18. The molecule has 1 aliphatic rings. The van der Waals surface area contributed by atoms with Crippen LogP contribution in [0.4, 0.5) is 0 Å². The Balaban J connectivity index is 1.94. The van der Waals surface area contributed by atoms with E-state index in [1.54, 1.807) is 22.7 Å². The third-order valence-electron chi connectivity index (χ3n) is 4.94. The molecule has 2 aromatic heterocycles. The fourth-order valence-corrected chi connectivity index (χ4v) is 3.75. The largest absolute Gasteiger partial charge is 0.508 e. The number of phenolic OH excluding ortho intramolecular Hbond substituents is 1. The number of aromatic amines is 1. The van der Waals surface area contributed by atoms with Crippen LogP contribution in [-0.2, 0) is 0 Å². The number of nitrogens with zero attached hydrogens (tertiary/aromatic N) is 3. The van der Waals surface area contributed by atoms with E-state index in [1.807, 2.05) is 13.8 Å². The summed E-state index contributed by atoms with van der Waals surface area (Å²) in [6.45, 7) is 4.19. The number of nitrogens with one attached hydrogen (secondary N) is 1. The van der Waals surface area contributed by atoms with Crippen molar-refractivity contribution in [2.45, 2.75) is 45.4 Å². The molecular formula is C19H22N4O3. The van der Waals surface area contributed by atoms with Gasteiger partial charge in [-0.15, -0.1) is 5.10 Å².